The standard InChI is InChI=1S/C18H24N4O4S2/c1-11(2)20-17(25)22-15(23)9-26-16(24)5-4-8-19-18-21-13(10-27-18)14-7-6-12(3)28-14/h6-7,10-11H,4-5,8-9H2,1-3H3,(H,19,21)(H2,20,22,23,25). The number of urea groups is 1. The molecule has 8 nitrogen and oxygen atoms in total. The van der Waals surface area contributed by atoms with E-state index in [4.69, 9.17) is 4.74 Å². The lowest BCUT2D eigenvalue weighted by molar-refractivity contribution is -0.148. The van der Waals surface area contributed by atoms with Crippen LogP contribution in [0.3, 0.4) is 0 Å². The first kappa shape index (κ1) is 21.8. The molecule has 0 spiro atoms. The number of rotatable bonds is 9. The lowest BCUT2D eigenvalue weighted by Gasteiger charge is -2.09. The number of aromatic nitrogens is 1. The highest BCUT2D eigenvalue weighted by Gasteiger charge is 2.11. The summed E-state index contributed by atoms with van der Waals surface area (Å²) in [6, 6.07) is 3.42. The van der Waals surface area contributed by atoms with Crippen molar-refractivity contribution >= 4 is 45.7 Å². The van der Waals surface area contributed by atoms with E-state index in [0.29, 0.717) is 13.0 Å². The molecular weight excluding hydrogens is 400 g/mol. The predicted octanol–water partition coefficient (Wildman–Crippen LogP) is 3.15. The molecule has 2 aromatic rings. The van der Waals surface area contributed by atoms with Gasteiger partial charge in [0, 0.05) is 29.3 Å². The summed E-state index contributed by atoms with van der Waals surface area (Å²) in [5.41, 5.74) is 0.942. The van der Waals surface area contributed by atoms with Crippen LogP contribution >= 0.6 is 22.7 Å². The van der Waals surface area contributed by atoms with Gasteiger partial charge in [-0.1, -0.05) is 0 Å². The second kappa shape index (κ2) is 10.8. The van der Waals surface area contributed by atoms with E-state index in [9.17, 15) is 14.4 Å². The summed E-state index contributed by atoms with van der Waals surface area (Å²) in [6.45, 7) is 5.69. The van der Waals surface area contributed by atoms with Crippen molar-refractivity contribution < 1.29 is 19.1 Å². The number of esters is 1. The van der Waals surface area contributed by atoms with E-state index in [1.807, 2.05) is 5.38 Å². The minimum Gasteiger partial charge on any atom is -0.456 e. The van der Waals surface area contributed by atoms with Crippen LogP contribution in [0, 0.1) is 6.92 Å². The number of carbonyl (C=O) groups excluding carboxylic acids is 3. The van der Waals surface area contributed by atoms with Crippen molar-refractivity contribution in [1.82, 2.24) is 15.6 Å². The van der Waals surface area contributed by atoms with Crippen molar-refractivity contribution in [3.05, 3.63) is 22.4 Å². The highest BCUT2D eigenvalue weighted by Crippen LogP contribution is 2.30. The van der Waals surface area contributed by atoms with Gasteiger partial charge in [0.15, 0.2) is 11.7 Å². The SMILES string of the molecule is Cc1ccc(-c2csc(NCCCC(=O)OCC(=O)NC(=O)NC(C)C)n2)s1. The third kappa shape index (κ3) is 7.65. The molecular formula is C18H24N4O4S2. The summed E-state index contributed by atoms with van der Waals surface area (Å²) in [5.74, 6) is -1.15. The summed E-state index contributed by atoms with van der Waals surface area (Å²) in [4.78, 5) is 41.4. The van der Waals surface area contributed by atoms with Gasteiger partial charge in [0.05, 0.1) is 10.6 Å². The largest absolute Gasteiger partial charge is 0.456 e. The fourth-order valence-corrected chi connectivity index (χ4v) is 3.79. The molecule has 0 aliphatic heterocycles. The molecule has 0 radical (unpaired) electrons. The van der Waals surface area contributed by atoms with Gasteiger partial charge >= 0.3 is 12.0 Å². The van der Waals surface area contributed by atoms with E-state index in [2.05, 4.69) is 40.0 Å². The second-order valence-corrected chi connectivity index (χ2v) is 8.46. The number of thiazole rings is 1. The van der Waals surface area contributed by atoms with Gasteiger partial charge in [-0.25, -0.2) is 9.78 Å². The quantitative estimate of drug-likeness (QED) is 0.421. The molecule has 2 rings (SSSR count). The van der Waals surface area contributed by atoms with Crippen molar-refractivity contribution in [1.29, 1.82) is 0 Å². The number of carbonyl (C=O) groups is 3. The van der Waals surface area contributed by atoms with E-state index >= 15 is 0 Å². The number of hydrogen-bond acceptors (Lipinski definition) is 8. The molecule has 152 valence electrons. The molecule has 0 aliphatic carbocycles. The van der Waals surface area contributed by atoms with Crippen molar-refractivity contribution in [2.24, 2.45) is 0 Å². The fourth-order valence-electron chi connectivity index (χ4n) is 2.15. The first-order chi connectivity index (χ1) is 13.3. The molecule has 0 saturated carbocycles. The molecule has 0 aliphatic rings. The molecule has 0 unspecified atom stereocenters. The molecule has 2 heterocycles. The summed E-state index contributed by atoms with van der Waals surface area (Å²) < 4.78 is 4.86. The zero-order valence-corrected chi connectivity index (χ0v) is 17.7. The van der Waals surface area contributed by atoms with Crippen LogP contribution in [0.5, 0.6) is 0 Å². The second-order valence-electron chi connectivity index (χ2n) is 6.32. The molecule has 3 N–H and O–H groups in total. The number of imide groups is 1. The minimum absolute atomic E-state index is 0.0915. The van der Waals surface area contributed by atoms with Crippen LogP contribution in [-0.2, 0) is 14.3 Å². The summed E-state index contributed by atoms with van der Waals surface area (Å²) in [6.07, 6.45) is 0.710. The van der Waals surface area contributed by atoms with E-state index in [1.165, 1.54) is 16.2 Å². The Hall–Kier alpha value is -2.46. The van der Waals surface area contributed by atoms with Gasteiger partial charge in [-0.3, -0.25) is 14.9 Å². The third-order valence-electron chi connectivity index (χ3n) is 3.37. The van der Waals surface area contributed by atoms with Gasteiger partial charge in [-0.15, -0.1) is 22.7 Å². The molecule has 0 aromatic carbocycles. The minimum atomic E-state index is -0.663. The van der Waals surface area contributed by atoms with Crippen LogP contribution in [0.1, 0.15) is 31.6 Å². The van der Waals surface area contributed by atoms with Crippen LogP contribution in [0.25, 0.3) is 10.6 Å². The average Bonchev–Trinajstić information content (AvgIpc) is 3.25. The van der Waals surface area contributed by atoms with Gasteiger partial charge in [0.25, 0.3) is 5.91 Å². The Morgan fingerprint density at radius 2 is 2.04 bits per heavy atom. The highest BCUT2D eigenvalue weighted by molar-refractivity contribution is 7.16. The number of ether oxygens (including phenoxy) is 1. The zero-order chi connectivity index (χ0) is 20.5. The Morgan fingerprint density at radius 1 is 1.25 bits per heavy atom. The van der Waals surface area contributed by atoms with Gasteiger partial charge in [0.2, 0.25) is 0 Å². The van der Waals surface area contributed by atoms with Crippen molar-refractivity contribution in [3.63, 3.8) is 0 Å². The average molecular weight is 425 g/mol. The number of amides is 3. The van der Waals surface area contributed by atoms with Crippen molar-refractivity contribution in [2.45, 2.75) is 39.7 Å². The predicted molar refractivity (Wildman–Crippen MR) is 111 cm³/mol. The van der Waals surface area contributed by atoms with Gasteiger partial charge in [-0.2, -0.15) is 0 Å². The maximum absolute atomic E-state index is 11.7. The molecule has 0 bridgehead atoms. The van der Waals surface area contributed by atoms with Gasteiger partial charge in [-0.05, 0) is 39.3 Å². The number of aryl methyl sites for hydroxylation is 1. The molecule has 3 amide bonds. The molecule has 0 fully saturated rings. The Labute approximate surface area is 171 Å². The van der Waals surface area contributed by atoms with Crippen LogP contribution in [0.2, 0.25) is 0 Å². The van der Waals surface area contributed by atoms with Crippen LogP contribution in [-0.4, -0.2) is 42.1 Å². The van der Waals surface area contributed by atoms with E-state index in [0.717, 1.165) is 15.7 Å². The maximum atomic E-state index is 11.7. The number of hydrogen-bond donors (Lipinski definition) is 3. The Balaban J connectivity index is 1.60. The van der Waals surface area contributed by atoms with Gasteiger partial charge in [0.1, 0.15) is 0 Å². The fraction of sp³-hybridized carbons (Fsp3) is 0.444. The number of nitrogens with zero attached hydrogens (tertiary/aromatic N) is 1. The molecule has 28 heavy (non-hydrogen) atoms. The Kier molecular flexibility index (Phi) is 8.40. The Bertz CT molecular complexity index is 816. The summed E-state index contributed by atoms with van der Waals surface area (Å²) in [7, 11) is 0. The maximum Gasteiger partial charge on any atom is 0.321 e. The number of nitrogens with one attached hydrogen (secondary N) is 3. The highest BCUT2D eigenvalue weighted by atomic mass is 32.1. The topological polar surface area (TPSA) is 109 Å². The molecule has 10 heteroatoms. The lowest BCUT2D eigenvalue weighted by atomic mass is 10.3. The molecule has 0 saturated heterocycles. The molecule has 2 aromatic heterocycles. The number of thiophene rings is 1. The lowest BCUT2D eigenvalue weighted by Crippen LogP contribution is -2.44. The third-order valence-corrected chi connectivity index (χ3v) is 5.19. The summed E-state index contributed by atoms with van der Waals surface area (Å²) in [5, 5.41) is 10.6. The van der Waals surface area contributed by atoms with Crippen LogP contribution in [0.4, 0.5) is 9.93 Å². The van der Waals surface area contributed by atoms with Gasteiger partial charge < -0.3 is 15.4 Å². The normalized spacial score (nSPS) is 10.6. The number of anilines is 1. The zero-order valence-electron chi connectivity index (χ0n) is 16.0. The van der Waals surface area contributed by atoms with Crippen molar-refractivity contribution in [2.75, 3.05) is 18.5 Å². The first-order valence-corrected chi connectivity index (χ1v) is 10.6. The smallest absolute Gasteiger partial charge is 0.321 e. The van der Waals surface area contributed by atoms with Crippen molar-refractivity contribution in [3.8, 4) is 10.6 Å². The first-order valence-electron chi connectivity index (χ1n) is 8.85. The molecule has 0 atom stereocenters. The van der Waals surface area contributed by atoms with E-state index in [1.54, 1.807) is 25.2 Å². The summed E-state index contributed by atoms with van der Waals surface area (Å²) >= 11 is 3.21. The Morgan fingerprint density at radius 3 is 2.71 bits per heavy atom. The van der Waals surface area contributed by atoms with E-state index in [-0.39, 0.29) is 12.5 Å². The monoisotopic (exact) mass is 424 g/mol. The van der Waals surface area contributed by atoms with Crippen LogP contribution in [0.15, 0.2) is 17.5 Å². The van der Waals surface area contributed by atoms with E-state index < -0.39 is 24.5 Å². The van der Waals surface area contributed by atoms with Crippen LogP contribution < -0.4 is 16.0 Å².